The number of amides is 1. The summed E-state index contributed by atoms with van der Waals surface area (Å²) in [6, 6.07) is 1.32. The molecule has 10 heteroatoms. The van der Waals surface area contributed by atoms with Crippen molar-refractivity contribution < 1.29 is 24.9 Å². The molecule has 4 atom stereocenters. The summed E-state index contributed by atoms with van der Waals surface area (Å²) >= 11 is 0. The number of ether oxygens (including phenoxy) is 1. The van der Waals surface area contributed by atoms with E-state index < -0.39 is 41.9 Å². The lowest BCUT2D eigenvalue weighted by Gasteiger charge is -2.44. The van der Waals surface area contributed by atoms with Gasteiger partial charge in [0.1, 0.15) is 35.9 Å². The third-order valence-corrected chi connectivity index (χ3v) is 3.52. The number of nitrogens with two attached hydrogens (primary N) is 1. The third kappa shape index (κ3) is 3.66. The fourth-order valence-corrected chi connectivity index (χ4v) is 2.45. The van der Waals surface area contributed by atoms with E-state index >= 15 is 0 Å². The zero-order valence-electron chi connectivity index (χ0n) is 13.7. The highest BCUT2D eigenvalue weighted by atomic mass is 16.6. The van der Waals surface area contributed by atoms with Crippen LogP contribution in [0.5, 0.6) is 0 Å². The van der Waals surface area contributed by atoms with Gasteiger partial charge in [-0.05, 0) is 26.8 Å². The normalized spacial score (nSPS) is 27.8. The zero-order chi connectivity index (χ0) is 18.2. The predicted octanol–water partition coefficient (Wildman–Crippen LogP) is -1.34. The minimum atomic E-state index is -1.62. The number of carbonyl (C=O) groups is 1. The highest BCUT2D eigenvalue weighted by Gasteiger charge is 2.46. The van der Waals surface area contributed by atoms with Crippen molar-refractivity contribution in [2.24, 2.45) is 0 Å². The van der Waals surface area contributed by atoms with Crippen molar-refractivity contribution in [1.82, 2.24) is 14.5 Å². The molecule has 1 aromatic heterocycles. The number of rotatable bonds is 1. The maximum atomic E-state index is 12.4. The van der Waals surface area contributed by atoms with Crippen LogP contribution in [0.15, 0.2) is 17.1 Å². The Morgan fingerprint density at radius 1 is 1.33 bits per heavy atom. The summed E-state index contributed by atoms with van der Waals surface area (Å²) in [4.78, 5) is 29.0. The van der Waals surface area contributed by atoms with Crippen LogP contribution in [-0.4, -0.2) is 66.3 Å². The lowest BCUT2D eigenvalue weighted by Crippen LogP contribution is -2.61. The molecule has 0 aromatic carbocycles. The standard InChI is InChI=1S/C14H22N4O6/c1-14(2,3)24-13(23)18-6-7(19)9(20)10(21)11(18)17-5-4-8(15)16-12(17)22/h4-5,7,9-11,19-21H,6H2,1-3H3,(H2,15,16,22)/t7-,9+,10-,11-/m0/s1. The van der Waals surface area contributed by atoms with Gasteiger partial charge in [0.2, 0.25) is 0 Å². The molecule has 1 amide bonds. The van der Waals surface area contributed by atoms with Gasteiger partial charge in [0, 0.05) is 6.20 Å². The Hall–Kier alpha value is -2.17. The molecule has 10 nitrogen and oxygen atoms in total. The van der Waals surface area contributed by atoms with Gasteiger partial charge in [-0.2, -0.15) is 4.98 Å². The third-order valence-electron chi connectivity index (χ3n) is 3.52. The molecule has 2 heterocycles. The van der Waals surface area contributed by atoms with E-state index in [1.54, 1.807) is 20.8 Å². The number of nitrogen functional groups attached to an aromatic ring is 1. The number of nitrogens with zero attached hydrogens (tertiary/aromatic N) is 3. The van der Waals surface area contributed by atoms with Crippen molar-refractivity contribution in [3.63, 3.8) is 0 Å². The second-order valence-electron chi connectivity index (χ2n) is 6.64. The van der Waals surface area contributed by atoms with Crippen LogP contribution < -0.4 is 11.4 Å². The van der Waals surface area contributed by atoms with E-state index in [0.29, 0.717) is 0 Å². The Morgan fingerprint density at radius 3 is 2.50 bits per heavy atom. The minimum absolute atomic E-state index is 0.0223. The molecule has 0 radical (unpaired) electrons. The van der Waals surface area contributed by atoms with Gasteiger partial charge in [-0.15, -0.1) is 0 Å². The van der Waals surface area contributed by atoms with Crippen LogP contribution in [0.25, 0.3) is 0 Å². The molecule has 1 aliphatic heterocycles. The van der Waals surface area contributed by atoms with Crippen molar-refractivity contribution >= 4 is 11.9 Å². The van der Waals surface area contributed by atoms with Crippen LogP contribution in [0.2, 0.25) is 0 Å². The Bertz CT molecular complexity index is 670. The predicted molar refractivity (Wildman–Crippen MR) is 82.9 cm³/mol. The number of anilines is 1. The Kier molecular flexibility index (Phi) is 4.83. The monoisotopic (exact) mass is 342 g/mol. The topological polar surface area (TPSA) is 151 Å². The number of aliphatic hydroxyl groups is 3. The second kappa shape index (κ2) is 6.38. The largest absolute Gasteiger partial charge is 0.444 e. The van der Waals surface area contributed by atoms with Crippen LogP contribution in [0, 0.1) is 0 Å². The van der Waals surface area contributed by atoms with Gasteiger partial charge in [-0.25, -0.2) is 9.59 Å². The smallest absolute Gasteiger partial charge is 0.412 e. The summed E-state index contributed by atoms with van der Waals surface area (Å²) in [5.74, 6) is -0.0223. The average molecular weight is 342 g/mol. The van der Waals surface area contributed by atoms with Crippen LogP contribution in [0.3, 0.4) is 0 Å². The molecule has 0 saturated carbocycles. The Morgan fingerprint density at radius 2 is 1.96 bits per heavy atom. The molecule has 1 saturated heterocycles. The minimum Gasteiger partial charge on any atom is -0.444 e. The number of aliphatic hydroxyl groups excluding tert-OH is 3. The van der Waals surface area contributed by atoms with Crippen molar-refractivity contribution in [3.05, 3.63) is 22.7 Å². The summed E-state index contributed by atoms with van der Waals surface area (Å²) < 4.78 is 6.21. The van der Waals surface area contributed by atoms with Gasteiger partial charge in [0.15, 0.2) is 0 Å². The number of β-amino-alcohol motifs (C(OH)–C–C–N with tert-alkyl or cyclic N) is 1. The van der Waals surface area contributed by atoms with Crippen LogP contribution in [-0.2, 0) is 4.74 Å². The zero-order valence-corrected chi connectivity index (χ0v) is 13.7. The van der Waals surface area contributed by atoms with Crippen LogP contribution in [0.1, 0.15) is 26.9 Å². The SMILES string of the molecule is CC(C)(C)OC(=O)N1C[C@H](O)[C@@H](O)[C@H](O)[C@H]1n1ccc(N)nc1=O. The molecule has 2 rings (SSSR count). The molecule has 1 fully saturated rings. The molecule has 0 bridgehead atoms. The quantitative estimate of drug-likeness (QED) is 0.489. The summed E-state index contributed by atoms with van der Waals surface area (Å²) in [5, 5.41) is 30.1. The number of hydrogen-bond donors (Lipinski definition) is 4. The molecule has 24 heavy (non-hydrogen) atoms. The number of aromatic nitrogens is 2. The first-order chi connectivity index (χ1) is 11.0. The summed E-state index contributed by atoms with van der Waals surface area (Å²) in [6.07, 6.45) is -5.44. The first kappa shape index (κ1) is 18.2. The fraction of sp³-hybridized carbons (Fsp3) is 0.643. The molecular weight excluding hydrogens is 320 g/mol. The maximum absolute atomic E-state index is 12.4. The van der Waals surface area contributed by atoms with E-state index in [9.17, 15) is 24.9 Å². The average Bonchev–Trinajstić information content (AvgIpc) is 2.44. The lowest BCUT2D eigenvalue weighted by atomic mass is 9.98. The number of piperidine rings is 1. The first-order valence-electron chi connectivity index (χ1n) is 7.40. The molecule has 1 aliphatic rings. The second-order valence-corrected chi connectivity index (χ2v) is 6.64. The van der Waals surface area contributed by atoms with E-state index in [2.05, 4.69) is 4.98 Å². The van der Waals surface area contributed by atoms with E-state index in [4.69, 9.17) is 10.5 Å². The number of carbonyl (C=O) groups excluding carboxylic acids is 1. The van der Waals surface area contributed by atoms with Crippen molar-refractivity contribution in [1.29, 1.82) is 0 Å². The highest BCUT2D eigenvalue weighted by molar-refractivity contribution is 5.68. The number of hydrogen-bond acceptors (Lipinski definition) is 8. The van der Waals surface area contributed by atoms with Gasteiger partial charge in [-0.1, -0.05) is 0 Å². The molecule has 0 spiro atoms. The van der Waals surface area contributed by atoms with E-state index in [1.807, 2.05) is 0 Å². The molecule has 1 aromatic rings. The molecule has 0 aliphatic carbocycles. The summed E-state index contributed by atoms with van der Waals surface area (Å²) in [6.45, 7) is 4.64. The Balaban J connectivity index is 2.44. The maximum Gasteiger partial charge on any atom is 0.412 e. The van der Waals surface area contributed by atoms with Crippen LogP contribution in [0.4, 0.5) is 10.6 Å². The van der Waals surface area contributed by atoms with Gasteiger partial charge in [0.25, 0.3) is 0 Å². The molecule has 0 unspecified atom stereocenters. The van der Waals surface area contributed by atoms with E-state index in [1.165, 1.54) is 12.3 Å². The molecular formula is C14H22N4O6. The summed E-state index contributed by atoms with van der Waals surface area (Å²) in [7, 11) is 0. The van der Waals surface area contributed by atoms with Gasteiger partial charge in [0.05, 0.1) is 6.54 Å². The van der Waals surface area contributed by atoms with Gasteiger partial charge >= 0.3 is 11.8 Å². The van der Waals surface area contributed by atoms with Crippen molar-refractivity contribution in [2.75, 3.05) is 12.3 Å². The Labute approximate surface area is 138 Å². The number of likely N-dealkylation sites (tertiary alicyclic amines) is 1. The molecule has 134 valence electrons. The summed E-state index contributed by atoms with van der Waals surface area (Å²) in [5.41, 5.74) is 3.81. The van der Waals surface area contributed by atoms with E-state index in [0.717, 1.165) is 9.47 Å². The van der Waals surface area contributed by atoms with Crippen molar-refractivity contribution in [3.8, 4) is 0 Å². The highest BCUT2D eigenvalue weighted by Crippen LogP contribution is 2.28. The van der Waals surface area contributed by atoms with Crippen molar-refractivity contribution in [2.45, 2.75) is 50.8 Å². The van der Waals surface area contributed by atoms with E-state index in [-0.39, 0.29) is 12.4 Å². The molecule has 5 N–H and O–H groups in total. The van der Waals surface area contributed by atoms with Gasteiger partial charge < -0.3 is 25.8 Å². The fourth-order valence-electron chi connectivity index (χ4n) is 2.45. The van der Waals surface area contributed by atoms with Crippen LogP contribution >= 0.6 is 0 Å². The van der Waals surface area contributed by atoms with Gasteiger partial charge in [-0.3, -0.25) is 9.47 Å². The first-order valence-corrected chi connectivity index (χ1v) is 7.40. The lowest BCUT2D eigenvalue weighted by molar-refractivity contribution is -0.152.